The zero-order valence-electron chi connectivity index (χ0n) is 14.1. The van der Waals surface area contributed by atoms with Crippen LogP contribution in [0.5, 0.6) is 11.5 Å². The van der Waals surface area contributed by atoms with Crippen molar-refractivity contribution < 1.29 is 19.0 Å². The zero-order valence-corrected chi connectivity index (χ0v) is 14.1. The predicted molar refractivity (Wildman–Crippen MR) is 92.2 cm³/mol. The van der Waals surface area contributed by atoms with Gasteiger partial charge in [0.1, 0.15) is 0 Å². The van der Waals surface area contributed by atoms with E-state index in [0.29, 0.717) is 31.2 Å². The summed E-state index contributed by atoms with van der Waals surface area (Å²) >= 11 is 0. The first-order valence-electron chi connectivity index (χ1n) is 7.81. The summed E-state index contributed by atoms with van der Waals surface area (Å²) < 4.78 is 16.0. The van der Waals surface area contributed by atoms with E-state index in [0.717, 1.165) is 5.56 Å². The third kappa shape index (κ3) is 5.28. The molecule has 128 valence electrons. The maximum absolute atomic E-state index is 12.5. The van der Waals surface area contributed by atoms with Crippen LogP contribution in [-0.2, 0) is 16.1 Å². The van der Waals surface area contributed by atoms with Gasteiger partial charge in [0.15, 0.2) is 18.1 Å². The number of carbonyl (C=O) groups excluding carboxylic acids is 1. The van der Waals surface area contributed by atoms with E-state index in [2.05, 4.69) is 0 Å². The minimum atomic E-state index is -0.0955. The van der Waals surface area contributed by atoms with Crippen LogP contribution in [0.15, 0.2) is 54.6 Å². The van der Waals surface area contributed by atoms with Crippen molar-refractivity contribution in [2.75, 3.05) is 34.0 Å². The Kier molecular flexibility index (Phi) is 7.11. The molecule has 2 aromatic rings. The first-order chi connectivity index (χ1) is 11.7. The molecule has 0 aromatic heterocycles. The molecule has 1 amide bonds. The van der Waals surface area contributed by atoms with E-state index in [9.17, 15) is 4.79 Å². The van der Waals surface area contributed by atoms with Gasteiger partial charge >= 0.3 is 0 Å². The van der Waals surface area contributed by atoms with E-state index >= 15 is 0 Å². The summed E-state index contributed by atoms with van der Waals surface area (Å²) in [7, 11) is 3.20. The molecule has 5 nitrogen and oxygen atoms in total. The highest BCUT2D eigenvalue weighted by molar-refractivity contribution is 5.77. The molecule has 2 aromatic carbocycles. The molecule has 0 N–H and O–H groups in total. The van der Waals surface area contributed by atoms with Gasteiger partial charge in [-0.2, -0.15) is 0 Å². The molecule has 0 atom stereocenters. The summed E-state index contributed by atoms with van der Waals surface area (Å²) in [4.78, 5) is 14.3. The first kappa shape index (κ1) is 17.8. The van der Waals surface area contributed by atoms with Crippen LogP contribution in [0, 0.1) is 0 Å². The second kappa shape index (κ2) is 9.57. The molecule has 0 heterocycles. The normalized spacial score (nSPS) is 10.2. The average molecular weight is 329 g/mol. The Labute approximate surface area is 142 Å². The van der Waals surface area contributed by atoms with Gasteiger partial charge in [-0.05, 0) is 17.7 Å². The number of amides is 1. The first-order valence-corrected chi connectivity index (χ1v) is 7.81. The number of benzene rings is 2. The second-order valence-corrected chi connectivity index (χ2v) is 5.23. The third-order valence-electron chi connectivity index (χ3n) is 3.55. The predicted octanol–water partition coefficient (Wildman–Crippen LogP) is 2.75. The Morgan fingerprint density at radius 2 is 1.62 bits per heavy atom. The molecule has 0 aliphatic carbocycles. The zero-order chi connectivity index (χ0) is 17.2. The van der Waals surface area contributed by atoms with Gasteiger partial charge in [-0.3, -0.25) is 4.79 Å². The fourth-order valence-corrected chi connectivity index (χ4v) is 2.27. The van der Waals surface area contributed by atoms with Crippen LogP contribution in [0.25, 0.3) is 0 Å². The van der Waals surface area contributed by atoms with Gasteiger partial charge in [0.2, 0.25) is 0 Å². The highest BCUT2D eigenvalue weighted by atomic mass is 16.5. The summed E-state index contributed by atoms with van der Waals surface area (Å²) in [6.07, 6.45) is 0. The highest BCUT2D eigenvalue weighted by Gasteiger charge is 2.15. The van der Waals surface area contributed by atoms with Crippen LogP contribution < -0.4 is 9.47 Å². The summed E-state index contributed by atoms with van der Waals surface area (Å²) in [6.45, 7) is 1.47. The number of ether oxygens (including phenoxy) is 3. The van der Waals surface area contributed by atoms with Crippen molar-refractivity contribution in [3.63, 3.8) is 0 Å². The molecular formula is C19H23NO4. The molecule has 0 saturated carbocycles. The van der Waals surface area contributed by atoms with E-state index in [4.69, 9.17) is 14.2 Å². The van der Waals surface area contributed by atoms with Gasteiger partial charge < -0.3 is 19.1 Å². The van der Waals surface area contributed by atoms with Crippen molar-refractivity contribution in [3.8, 4) is 11.5 Å². The minimum absolute atomic E-state index is 0.0447. The molecule has 0 aliphatic heterocycles. The van der Waals surface area contributed by atoms with Crippen LogP contribution in [0.1, 0.15) is 5.56 Å². The maximum Gasteiger partial charge on any atom is 0.260 e. The maximum atomic E-state index is 12.5. The van der Waals surface area contributed by atoms with Crippen molar-refractivity contribution in [1.82, 2.24) is 4.90 Å². The molecule has 0 radical (unpaired) electrons. The molecule has 2 rings (SSSR count). The summed E-state index contributed by atoms with van der Waals surface area (Å²) in [5, 5.41) is 0. The standard InChI is InChI=1S/C19H23NO4/c1-22-13-12-20(14-16-8-4-3-5-9-16)19(21)15-24-18-11-7-6-10-17(18)23-2/h3-11H,12-15H2,1-2H3. The SMILES string of the molecule is COCCN(Cc1ccccc1)C(=O)COc1ccccc1OC. The molecule has 0 aliphatic rings. The Bertz CT molecular complexity index is 630. The molecule has 0 fully saturated rings. The number of hydrogen-bond acceptors (Lipinski definition) is 4. The van der Waals surface area contributed by atoms with Crippen LogP contribution in [-0.4, -0.2) is 44.8 Å². The van der Waals surface area contributed by atoms with Gasteiger partial charge in [-0.1, -0.05) is 42.5 Å². The number of para-hydroxylation sites is 2. The van der Waals surface area contributed by atoms with Crippen molar-refractivity contribution in [2.24, 2.45) is 0 Å². The molecular weight excluding hydrogens is 306 g/mol. The van der Waals surface area contributed by atoms with Crippen LogP contribution in [0.2, 0.25) is 0 Å². The van der Waals surface area contributed by atoms with Crippen molar-refractivity contribution in [1.29, 1.82) is 0 Å². The van der Waals surface area contributed by atoms with Crippen molar-refractivity contribution in [2.45, 2.75) is 6.54 Å². The van der Waals surface area contributed by atoms with E-state index in [1.807, 2.05) is 42.5 Å². The lowest BCUT2D eigenvalue weighted by Gasteiger charge is -2.23. The molecule has 0 bridgehead atoms. The summed E-state index contributed by atoms with van der Waals surface area (Å²) in [5.74, 6) is 1.07. The Morgan fingerprint density at radius 1 is 0.958 bits per heavy atom. The molecule has 0 spiro atoms. The molecule has 0 unspecified atom stereocenters. The van der Waals surface area contributed by atoms with Gasteiger partial charge in [0.05, 0.1) is 13.7 Å². The fraction of sp³-hybridized carbons (Fsp3) is 0.316. The summed E-state index contributed by atoms with van der Waals surface area (Å²) in [6, 6.07) is 17.1. The molecule has 0 saturated heterocycles. The smallest absolute Gasteiger partial charge is 0.260 e. The highest BCUT2D eigenvalue weighted by Crippen LogP contribution is 2.25. The monoisotopic (exact) mass is 329 g/mol. The topological polar surface area (TPSA) is 48.0 Å². The quantitative estimate of drug-likeness (QED) is 0.710. The Hall–Kier alpha value is -2.53. The molecule has 24 heavy (non-hydrogen) atoms. The van der Waals surface area contributed by atoms with Crippen molar-refractivity contribution >= 4 is 5.91 Å². The van der Waals surface area contributed by atoms with Crippen LogP contribution >= 0.6 is 0 Å². The number of hydrogen-bond donors (Lipinski definition) is 0. The van der Waals surface area contributed by atoms with Crippen LogP contribution in [0.3, 0.4) is 0 Å². The van der Waals surface area contributed by atoms with Gasteiger partial charge in [-0.25, -0.2) is 0 Å². The number of rotatable bonds is 9. The van der Waals surface area contributed by atoms with E-state index in [1.165, 1.54) is 0 Å². The minimum Gasteiger partial charge on any atom is -0.493 e. The van der Waals surface area contributed by atoms with Gasteiger partial charge in [-0.15, -0.1) is 0 Å². The number of carbonyl (C=O) groups is 1. The summed E-state index contributed by atoms with van der Waals surface area (Å²) in [5.41, 5.74) is 1.07. The number of methoxy groups -OCH3 is 2. The van der Waals surface area contributed by atoms with Gasteiger partial charge in [0.25, 0.3) is 5.91 Å². The third-order valence-corrected chi connectivity index (χ3v) is 3.55. The lowest BCUT2D eigenvalue weighted by Crippen LogP contribution is -2.36. The van der Waals surface area contributed by atoms with Crippen molar-refractivity contribution in [3.05, 3.63) is 60.2 Å². The number of nitrogens with zero attached hydrogens (tertiary/aromatic N) is 1. The largest absolute Gasteiger partial charge is 0.493 e. The fourth-order valence-electron chi connectivity index (χ4n) is 2.27. The second-order valence-electron chi connectivity index (χ2n) is 5.23. The van der Waals surface area contributed by atoms with Gasteiger partial charge in [0, 0.05) is 20.2 Å². The molecule has 5 heteroatoms. The van der Waals surface area contributed by atoms with Crippen LogP contribution in [0.4, 0.5) is 0 Å². The van der Waals surface area contributed by atoms with E-state index in [1.54, 1.807) is 31.3 Å². The lowest BCUT2D eigenvalue weighted by molar-refractivity contribution is -0.134. The Morgan fingerprint density at radius 3 is 2.29 bits per heavy atom. The average Bonchev–Trinajstić information content (AvgIpc) is 2.64. The Balaban J connectivity index is 1.99. The lowest BCUT2D eigenvalue weighted by atomic mass is 10.2. The van der Waals surface area contributed by atoms with E-state index in [-0.39, 0.29) is 12.5 Å². The van der Waals surface area contributed by atoms with E-state index < -0.39 is 0 Å².